The number of benzene rings is 1. The summed E-state index contributed by atoms with van der Waals surface area (Å²) in [7, 11) is 0. The van der Waals surface area contributed by atoms with Crippen molar-refractivity contribution in [1.82, 2.24) is 10.2 Å². The van der Waals surface area contributed by atoms with Crippen LogP contribution in [0.25, 0.3) is 0 Å². The summed E-state index contributed by atoms with van der Waals surface area (Å²) in [4.78, 5) is 14.2. The molecule has 5 nitrogen and oxygen atoms in total. The summed E-state index contributed by atoms with van der Waals surface area (Å²) in [6.45, 7) is 4.99. The SMILES string of the molecule is CCN1CCCC1CNC(=O)COc1ccc(C#N)cc1. The Morgan fingerprint density at radius 3 is 2.90 bits per heavy atom. The number of likely N-dealkylation sites (N-methyl/N-ethyl adjacent to an activating group) is 1. The van der Waals surface area contributed by atoms with Gasteiger partial charge in [0.15, 0.2) is 6.61 Å². The van der Waals surface area contributed by atoms with Crippen LogP contribution in [0, 0.1) is 11.3 Å². The number of hydrogen-bond acceptors (Lipinski definition) is 4. The van der Waals surface area contributed by atoms with Crippen LogP contribution in [0.3, 0.4) is 0 Å². The Balaban J connectivity index is 1.71. The molecule has 21 heavy (non-hydrogen) atoms. The van der Waals surface area contributed by atoms with Gasteiger partial charge in [-0.2, -0.15) is 5.26 Å². The molecule has 2 rings (SSSR count). The van der Waals surface area contributed by atoms with E-state index in [4.69, 9.17) is 10.00 Å². The van der Waals surface area contributed by atoms with Crippen molar-refractivity contribution in [2.45, 2.75) is 25.8 Å². The van der Waals surface area contributed by atoms with E-state index in [1.165, 1.54) is 6.42 Å². The second-order valence-corrected chi connectivity index (χ2v) is 5.15. The molecule has 0 spiro atoms. The van der Waals surface area contributed by atoms with Crippen molar-refractivity contribution in [3.8, 4) is 11.8 Å². The summed E-state index contributed by atoms with van der Waals surface area (Å²) < 4.78 is 5.40. The van der Waals surface area contributed by atoms with Crippen LogP contribution in [-0.4, -0.2) is 43.1 Å². The van der Waals surface area contributed by atoms with Crippen molar-refractivity contribution in [3.05, 3.63) is 29.8 Å². The van der Waals surface area contributed by atoms with Gasteiger partial charge in [-0.3, -0.25) is 9.69 Å². The fourth-order valence-corrected chi connectivity index (χ4v) is 2.60. The van der Waals surface area contributed by atoms with Crippen molar-refractivity contribution in [2.24, 2.45) is 0 Å². The first-order valence-corrected chi connectivity index (χ1v) is 7.36. The summed E-state index contributed by atoms with van der Waals surface area (Å²) in [5, 5.41) is 11.6. The molecule has 1 atom stereocenters. The average molecular weight is 287 g/mol. The molecule has 1 aromatic rings. The molecular weight excluding hydrogens is 266 g/mol. The zero-order valence-electron chi connectivity index (χ0n) is 12.3. The standard InChI is InChI=1S/C16H21N3O2/c1-2-19-9-3-4-14(19)11-18-16(20)12-21-15-7-5-13(10-17)6-8-15/h5-8,14H,2-4,9,11-12H2,1H3,(H,18,20). The third-order valence-electron chi connectivity index (χ3n) is 3.79. The van der Waals surface area contributed by atoms with Gasteiger partial charge in [-0.1, -0.05) is 6.92 Å². The van der Waals surface area contributed by atoms with E-state index in [-0.39, 0.29) is 12.5 Å². The maximum Gasteiger partial charge on any atom is 0.257 e. The van der Waals surface area contributed by atoms with Gasteiger partial charge in [-0.15, -0.1) is 0 Å². The van der Waals surface area contributed by atoms with E-state index in [2.05, 4.69) is 17.1 Å². The molecule has 0 aromatic heterocycles. The van der Waals surface area contributed by atoms with Crippen molar-refractivity contribution >= 4 is 5.91 Å². The monoisotopic (exact) mass is 287 g/mol. The van der Waals surface area contributed by atoms with E-state index in [0.717, 1.165) is 19.5 Å². The van der Waals surface area contributed by atoms with Crippen LogP contribution in [0.2, 0.25) is 0 Å². The Bertz CT molecular complexity index is 507. The van der Waals surface area contributed by atoms with Gasteiger partial charge in [0, 0.05) is 12.6 Å². The maximum atomic E-state index is 11.8. The highest BCUT2D eigenvalue weighted by atomic mass is 16.5. The number of nitriles is 1. The van der Waals surface area contributed by atoms with Gasteiger partial charge in [0.25, 0.3) is 5.91 Å². The fourth-order valence-electron chi connectivity index (χ4n) is 2.60. The lowest BCUT2D eigenvalue weighted by Gasteiger charge is -2.22. The number of likely N-dealkylation sites (tertiary alicyclic amines) is 1. The molecule has 1 fully saturated rings. The molecule has 0 bridgehead atoms. The number of carbonyl (C=O) groups is 1. The molecule has 1 aromatic carbocycles. The van der Waals surface area contributed by atoms with Crippen LogP contribution >= 0.6 is 0 Å². The topological polar surface area (TPSA) is 65.4 Å². The van der Waals surface area contributed by atoms with Crippen molar-refractivity contribution < 1.29 is 9.53 Å². The molecule has 5 heteroatoms. The molecule has 1 heterocycles. The minimum Gasteiger partial charge on any atom is -0.484 e. The van der Waals surface area contributed by atoms with Crippen molar-refractivity contribution in [1.29, 1.82) is 5.26 Å². The second-order valence-electron chi connectivity index (χ2n) is 5.15. The minimum absolute atomic E-state index is 0.00471. The Kier molecular flexibility index (Phi) is 5.59. The summed E-state index contributed by atoms with van der Waals surface area (Å²) in [5.74, 6) is 0.488. The quantitative estimate of drug-likeness (QED) is 0.862. The summed E-state index contributed by atoms with van der Waals surface area (Å²) >= 11 is 0. The minimum atomic E-state index is -0.109. The maximum absolute atomic E-state index is 11.8. The largest absolute Gasteiger partial charge is 0.484 e. The Labute approximate surface area is 125 Å². The molecule has 1 unspecified atom stereocenters. The average Bonchev–Trinajstić information content (AvgIpc) is 2.99. The van der Waals surface area contributed by atoms with Gasteiger partial charge < -0.3 is 10.1 Å². The lowest BCUT2D eigenvalue weighted by molar-refractivity contribution is -0.123. The summed E-state index contributed by atoms with van der Waals surface area (Å²) in [6, 6.07) is 9.23. The van der Waals surface area contributed by atoms with Gasteiger partial charge in [0.1, 0.15) is 5.75 Å². The zero-order chi connectivity index (χ0) is 15.1. The molecule has 1 amide bonds. The van der Waals surface area contributed by atoms with Gasteiger partial charge >= 0.3 is 0 Å². The first kappa shape index (κ1) is 15.3. The molecule has 1 aliphatic rings. The van der Waals surface area contributed by atoms with E-state index < -0.39 is 0 Å². The highest BCUT2D eigenvalue weighted by molar-refractivity contribution is 5.77. The van der Waals surface area contributed by atoms with Crippen LogP contribution in [0.5, 0.6) is 5.75 Å². The summed E-state index contributed by atoms with van der Waals surface area (Å²) in [6.07, 6.45) is 2.35. The van der Waals surface area contributed by atoms with E-state index in [1.807, 2.05) is 6.07 Å². The summed E-state index contributed by atoms with van der Waals surface area (Å²) in [5.41, 5.74) is 0.577. The number of hydrogen-bond donors (Lipinski definition) is 1. The number of nitrogens with zero attached hydrogens (tertiary/aromatic N) is 2. The van der Waals surface area contributed by atoms with E-state index in [1.54, 1.807) is 24.3 Å². The van der Waals surface area contributed by atoms with Crippen LogP contribution in [0.15, 0.2) is 24.3 Å². The molecule has 0 radical (unpaired) electrons. The molecular formula is C16H21N3O2. The van der Waals surface area contributed by atoms with Crippen molar-refractivity contribution in [3.63, 3.8) is 0 Å². The number of ether oxygens (including phenoxy) is 1. The molecule has 1 saturated heterocycles. The van der Waals surface area contributed by atoms with Crippen LogP contribution in [0.1, 0.15) is 25.3 Å². The molecule has 1 N–H and O–H groups in total. The van der Waals surface area contributed by atoms with Gasteiger partial charge in [0.05, 0.1) is 11.6 Å². The van der Waals surface area contributed by atoms with Gasteiger partial charge in [-0.25, -0.2) is 0 Å². The molecule has 0 saturated carbocycles. The van der Waals surface area contributed by atoms with Crippen molar-refractivity contribution in [2.75, 3.05) is 26.2 Å². The van der Waals surface area contributed by atoms with Crippen LogP contribution in [0.4, 0.5) is 0 Å². The molecule has 0 aliphatic carbocycles. The number of nitrogens with one attached hydrogen (secondary N) is 1. The molecule has 112 valence electrons. The zero-order valence-corrected chi connectivity index (χ0v) is 12.3. The fraction of sp³-hybridized carbons (Fsp3) is 0.500. The first-order valence-electron chi connectivity index (χ1n) is 7.36. The van der Waals surface area contributed by atoms with Gasteiger partial charge in [-0.05, 0) is 50.2 Å². The number of carbonyl (C=O) groups excluding carboxylic acids is 1. The lowest BCUT2D eigenvalue weighted by Crippen LogP contribution is -2.41. The third kappa shape index (κ3) is 4.47. The predicted octanol–water partition coefficient (Wildman–Crippen LogP) is 1.54. The normalized spacial score (nSPS) is 18.2. The van der Waals surface area contributed by atoms with E-state index >= 15 is 0 Å². The van der Waals surface area contributed by atoms with E-state index in [9.17, 15) is 4.79 Å². The predicted molar refractivity (Wildman–Crippen MR) is 79.9 cm³/mol. The second kappa shape index (κ2) is 7.65. The Hall–Kier alpha value is -2.06. The first-order chi connectivity index (χ1) is 10.2. The Morgan fingerprint density at radius 1 is 1.48 bits per heavy atom. The van der Waals surface area contributed by atoms with Gasteiger partial charge in [0.2, 0.25) is 0 Å². The number of rotatable bonds is 6. The van der Waals surface area contributed by atoms with Crippen LogP contribution in [-0.2, 0) is 4.79 Å². The van der Waals surface area contributed by atoms with Crippen LogP contribution < -0.4 is 10.1 Å². The Morgan fingerprint density at radius 2 is 2.24 bits per heavy atom. The third-order valence-corrected chi connectivity index (χ3v) is 3.79. The highest BCUT2D eigenvalue weighted by Gasteiger charge is 2.23. The molecule has 1 aliphatic heterocycles. The lowest BCUT2D eigenvalue weighted by atomic mass is 10.2. The number of amides is 1. The smallest absolute Gasteiger partial charge is 0.257 e. The van der Waals surface area contributed by atoms with E-state index in [0.29, 0.717) is 23.9 Å². The highest BCUT2D eigenvalue weighted by Crippen LogP contribution is 2.15.